The van der Waals surface area contributed by atoms with Gasteiger partial charge in [0.15, 0.2) is 0 Å². The van der Waals surface area contributed by atoms with E-state index in [0.717, 1.165) is 38.5 Å². The van der Waals surface area contributed by atoms with Crippen molar-refractivity contribution in [2.24, 2.45) is 23.7 Å². The van der Waals surface area contributed by atoms with Crippen LogP contribution in [0.3, 0.4) is 0 Å². The van der Waals surface area contributed by atoms with Crippen molar-refractivity contribution in [3.63, 3.8) is 0 Å². The summed E-state index contributed by atoms with van der Waals surface area (Å²) in [6.07, 6.45) is 16.2. The molecule has 2 saturated carbocycles. The predicted octanol–water partition coefficient (Wildman–Crippen LogP) is 4.40. The summed E-state index contributed by atoms with van der Waals surface area (Å²) in [5.41, 5.74) is -0.238. The molecule has 2 saturated heterocycles. The van der Waals surface area contributed by atoms with Gasteiger partial charge in [-0.05, 0) is 76.0 Å². The number of hydrogen-bond acceptors (Lipinski definition) is 3. The van der Waals surface area contributed by atoms with Gasteiger partial charge in [0, 0.05) is 5.92 Å². The molecule has 5 rings (SSSR count). The molecule has 0 aromatic rings. The van der Waals surface area contributed by atoms with Crippen LogP contribution in [0.25, 0.3) is 0 Å². The van der Waals surface area contributed by atoms with Gasteiger partial charge in [0.25, 0.3) is 0 Å². The molecule has 3 nitrogen and oxygen atoms in total. The van der Waals surface area contributed by atoms with E-state index < -0.39 is 0 Å². The van der Waals surface area contributed by atoms with Crippen LogP contribution >= 0.6 is 0 Å². The minimum absolute atomic E-state index is 0.0100. The molecule has 0 aromatic carbocycles. The predicted molar refractivity (Wildman–Crippen MR) is 91.4 cm³/mol. The molecule has 0 N–H and O–H groups in total. The van der Waals surface area contributed by atoms with Gasteiger partial charge in [-0.25, -0.2) is 0 Å². The average Bonchev–Trinajstić information content (AvgIpc) is 3.39. The number of carbonyl (C=O) groups excluding carboxylic acids is 1. The summed E-state index contributed by atoms with van der Waals surface area (Å²) in [4.78, 5) is 13.1. The van der Waals surface area contributed by atoms with Crippen LogP contribution < -0.4 is 0 Å². The Morgan fingerprint density at radius 3 is 2.62 bits per heavy atom. The minimum Gasteiger partial charge on any atom is -0.458 e. The van der Waals surface area contributed by atoms with E-state index in [-0.39, 0.29) is 23.1 Å². The third-order valence-corrected chi connectivity index (χ3v) is 7.99. The van der Waals surface area contributed by atoms with Gasteiger partial charge in [0.05, 0.1) is 17.6 Å². The lowest BCUT2D eigenvalue weighted by Gasteiger charge is -2.44. The van der Waals surface area contributed by atoms with Crippen molar-refractivity contribution in [1.82, 2.24) is 0 Å². The van der Waals surface area contributed by atoms with Crippen LogP contribution in [-0.2, 0) is 14.3 Å². The monoisotopic (exact) mass is 330 g/mol. The summed E-state index contributed by atoms with van der Waals surface area (Å²) < 4.78 is 12.9. The van der Waals surface area contributed by atoms with E-state index in [1.54, 1.807) is 0 Å². The molecule has 2 heterocycles. The van der Waals surface area contributed by atoms with Crippen LogP contribution in [-0.4, -0.2) is 23.3 Å². The first-order chi connectivity index (χ1) is 11.6. The first-order valence-corrected chi connectivity index (χ1v) is 10.2. The van der Waals surface area contributed by atoms with Gasteiger partial charge in [0.1, 0.15) is 5.60 Å². The molecule has 6 unspecified atom stereocenters. The highest BCUT2D eigenvalue weighted by Gasteiger charge is 2.62. The standard InChI is InChI=1S/C21H30O3/c1-2-20-10-7-16(23-20)13-18(20)21(8-3-4-9-21)24-19(22)17-12-14-5-6-15(17)11-14/h5-6,14-18H,2-4,7-13H2,1H3. The smallest absolute Gasteiger partial charge is 0.310 e. The topological polar surface area (TPSA) is 35.5 Å². The molecule has 3 aliphatic carbocycles. The maximum atomic E-state index is 13.1. The van der Waals surface area contributed by atoms with Gasteiger partial charge in [-0.3, -0.25) is 4.79 Å². The summed E-state index contributed by atoms with van der Waals surface area (Å²) in [6.45, 7) is 2.26. The zero-order valence-electron chi connectivity index (χ0n) is 14.8. The number of allylic oxidation sites excluding steroid dienone is 2. The molecular formula is C21H30O3. The van der Waals surface area contributed by atoms with E-state index in [0.29, 0.717) is 23.9 Å². The quantitative estimate of drug-likeness (QED) is 0.566. The molecule has 0 radical (unpaired) electrons. The Balaban J connectivity index is 1.39. The van der Waals surface area contributed by atoms with Crippen LogP contribution in [0.4, 0.5) is 0 Å². The third-order valence-electron chi connectivity index (χ3n) is 7.99. The highest BCUT2D eigenvalue weighted by Crippen LogP contribution is 2.58. The zero-order chi connectivity index (χ0) is 16.4. The molecule has 0 aromatic heterocycles. The van der Waals surface area contributed by atoms with Crippen LogP contribution in [0.2, 0.25) is 0 Å². The number of fused-ring (bicyclic) bond motifs is 4. The minimum atomic E-state index is -0.228. The third kappa shape index (κ3) is 2.09. The van der Waals surface area contributed by atoms with E-state index in [9.17, 15) is 4.79 Å². The molecule has 4 fully saturated rings. The van der Waals surface area contributed by atoms with Gasteiger partial charge >= 0.3 is 5.97 Å². The second kappa shape index (κ2) is 5.33. The van der Waals surface area contributed by atoms with Gasteiger partial charge in [-0.15, -0.1) is 0 Å². The van der Waals surface area contributed by atoms with E-state index in [1.165, 1.54) is 25.7 Å². The Kier molecular flexibility index (Phi) is 3.43. The van der Waals surface area contributed by atoms with Crippen molar-refractivity contribution in [3.05, 3.63) is 12.2 Å². The molecule has 3 heteroatoms. The first-order valence-electron chi connectivity index (χ1n) is 10.2. The van der Waals surface area contributed by atoms with Crippen molar-refractivity contribution in [2.45, 2.75) is 88.4 Å². The second-order valence-electron chi connectivity index (χ2n) is 9.06. The molecule has 0 spiro atoms. The van der Waals surface area contributed by atoms with Gasteiger partial charge in [0.2, 0.25) is 0 Å². The van der Waals surface area contributed by atoms with E-state index >= 15 is 0 Å². The van der Waals surface area contributed by atoms with Crippen LogP contribution in [0.1, 0.15) is 71.1 Å². The van der Waals surface area contributed by atoms with Crippen molar-refractivity contribution in [1.29, 1.82) is 0 Å². The molecule has 24 heavy (non-hydrogen) atoms. The highest BCUT2D eigenvalue weighted by molar-refractivity contribution is 5.74. The maximum Gasteiger partial charge on any atom is 0.310 e. The summed E-state index contributed by atoms with van der Waals surface area (Å²) in [5.74, 6) is 1.71. The second-order valence-corrected chi connectivity index (χ2v) is 9.06. The van der Waals surface area contributed by atoms with Crippen molar-refractivity contribution >= 4 is 5.97 Å². The van der Waals surface area contributed by atoms with E-state index in [4.69, 9.17) is 9.47 Å². The largest absolute Gasteiger partial charge is 0.458 e. The Bertz CT molecular complexity index is 561. The number of carbonyl (C=O) groups is 1. The molecule has 5 aliphatic rings. The van der Waals surface area contributed by atoms with Crippen LogP contribution in [0, 0.1) is 23.7 Å². The summed E-state index contributed by atoms with van der Waals surface area (Å²) in [5, 5.41) is 0. The van der Waals surface area contributed by atoms with Crippen molar-refractivity contribution < 1.29 is 14.3 Å². The fourth-order valence-electron chi connectivity index (χ4n) is 6.78. The summed E-state index contributed by atoms with van der Waals surface area (Å²) in [7, 11) is 0. The number of rotatable bonds is 4. The van der Waals surface area contributed by atoms with E-state index in [2.05, 4.69) is 19.1 Å². The lowest BCUT2D eigenvalue weighted by atomic mass is 9.67. The Labute approximate surface area is 145 Å². The van der Waals surface area contributed by atoms with Gasteiger partial charge in [-0.2, -0.15) is 0 Å². The van der Waals surface area contributed by atoms with E-state index in [1.807, 2.05) is 0 Å². The molecular weight excluding hydrogens is 300 g/mol. The fourth-order valence-corrected chi connectivity index (χ4v) is 6.78. The molecule has 132 valence electrons. The fraction of sp³-hybridized carbons (Fsp3) is 0.857. The lowest BCUT2D eigenvalue weighted by Crippen LogP contribution is -2.51. The number of ether oxygens (including phenoxy) is 2. The van der Waals surface area contributed by atoms with Crippen molar-refractivity contribution in [3.8, 4) is 0 Å². The normalized spacial score (nSPS) is 47.6. The highest BCUT2D eigenvalue weighted by atomic mass is 16.6. The maximum absolute atomic E-state index is 13.1. The Hall–Kier alpha value is -0.830. The summed E-state index contributed by atoms with van der Waals surface area (Å²) in [6, 6.07) is 0. The Morgan fingerprint density at radius 1 is 1.17 bits per heavy atom. The molecule has 2 aliphatic heterocycles. The first kappa shape index (κ1) is 15.4. The summed E-state index contributed by atoms with van der Waals surface area (Å²) >= 11 is 0. The molecule has 6 atom stereocenters. The van der Waals surface area contributed by atoms with Crippen LogP contribution in [0.15, 0.2) is 12.2 Å². The Morgan fingerprint density at radius 2 is 2.00 bits per heavy atom. The van der Waals surface area contributed by atoms with Gasteiger partial charge in [-0.1, -0.05) is 19.1 Å². The molecule has 0 amide bonds. The number of esters is 1. The molecule has 4 bridgehead atoms. The van der Waals surface area contributed by atoms with Gasteiger partial charge < -0.3 is 9.47 Å². The average molecular weight is 330 g/mol. The van der Waals surface area contributed by atoms with Crippen LogP contribution in [0.5, 0.6) is 0 Å². The zero-order valence-corrected chi connectivity index (χ0v) is 14.8. The SMILES string of the molecule is CCC12CCC(CC1C1(OC(=O)C3CC4C=CC3C4)CCCC1)O2. The van der Waals surface area contributed by atoms with Crippen molar-refractivity contribution in [2.75, 3.05) is 0 Å². The number of hydrogen-bond donors (Lipinski definition) is 0. The lowest BCUT2D eigenvalue weighted by molar-refractivity contribution is -0.180.